The van der Waals surface area contributed by atoms with Crippen LogP contribution in [0.2, 0.25) is 0 Å². The highest BCUT2D eigenvalue weighted by Gasteiger charge is 2.63. The number of fused-ring (bicyclic) bond motifs is 3. The SMILES string of the molecule is COC(=O)[C@]12CC[C@@]3(C)CC=C(COC(C)=O)C=C[C@H]3[C@@H]1CC[C@@H]2C(C)C. The molecular weight excluding hydrogens is 340 g/mol. The fraction of sp³-hybridized carbons (Fsp3) is 0.739. The van der Waals surface area contributed by atoms with Crippen molar-refractivity contribution in [2.75, 3.05) is 13.7 Å². The highest BCUT2D eigenvalue weighted by atomic mass is 16.5. The summed E-state index contributed by atoms with van der Waals surface area (Å²) in [5, 5.41) is 0. The quantitative estimate of drug-likeness (QED) is 0.670. The number of allylic oxidation sites excluding steroid dienone is 2. The van der Waals surface area contributed by atoms with E-state index in [4.69, 9.17) is 9.47 Å². The highest BCUT2D eigenvalue weighted by molar-refractivity contribution is 5.78. The standard InChI is InChI=1S/C23H34O4/c1-15(2)18-8-9-20-19-7-6-17(14-27-16(3)24)10-11-22(19,4)12-13-23(18,20)21(25)26-5/h6-7,10,15,18-20H,8-9,11-14H2,1-5H3/t18-,19+,20+,22-,23+/m1/s1. The first-order valence-corrected chi connectivity index (χ1v) is 10.3. The van der Waals surface area contributed by atoms with Crippen molar-refractivity contribution in [3.63, 3.8) is 0 Å². The maximum absolute atomic E-state index is 13.1. The largest absolute Gasteiger partial charge is 0.469 e. The van der Waals surface area contributed by atoms with Gasteiger partial charge in [0.25, 0.3) is 0 Å². The number of ether oxygens (including phenoxy) is 2. The van der Waals surface area contributed by atoms with E-state index in [2.05, 4.69) is 39.0 Å². The summed E-state index contributed by atoms with van der Waals surface area (Å²) in [4.78, 5) is 24.2. The van der Waals surface area contributed by atoms with Crippen LogP contribution in [0.5, 0.6) is 0 Å². The van der Waals surface area contributed by atoms with Crippen molar-refractivity contribution < 1.29 is 19.1 Å². The van der Waals surface area contributed by atoms with Gasteiger partial charge in [-0.05, 0) is 66.8 Å². The molecule has 27 heavy (non-hydrogen) atoms. The van der Waals surface area contributed by atoms with Crippen molar-refractivity contribution in [3.05, 3.63) is 23.8 Å². The first kappa shape index (κ1) is 20.2. The van der Waals surface area contributed by atoms with Gasteiger partial charge >= 0.3 is 11.9 Å². The van der Waals surface area contributed by atoms with Crippen molar-refractivity contribution in [1.82, 2.24) is 0 Å². The molecule has 4 heteroatoms. The van der Waals surface area contributed by atoms with E-state index >= 15 is 0 Å². The van der Waals surface area contributed by atoms with Gasteiger partial charge in [0, 0.05) is 6.92 Å². The first-order valence-electron chi connectivity index (χ1n) is 10.3. The zero-order valence-corrected chi connectivity index (χ0v) is 17.4. The van der Waals surface area contributed by atoms with E-state index in [1.807, 2.05) is 0 Å². The summed E-state index contributed by atoms with van der Waals surface area (Å²) in [5.74, 6) is 1.29. The van der Waals surface area contributed by atoms with Gasteiger partial charge in [0.2, 0.25) is 0 Å². The summed E-state index contributed by atoms with van der Waals surface area (Å²) in [6.45, 7) is 8.62. The molecule has 4 nitrogen and oxygen atoms in total. The smallest absolute Gasteiger partial charge is 0.312 e. The van der Waals surface area contributed by atoms with Crippen molar-refractivity contribution in [2.45, 2.75) is 59.8 Å². The summed E-state index contributed by atoms with van der Waals surface area (Å²) in [7, 11) is 1.54. The second kappa shape index (κ2) is 7.44. The maximum Gasteiger partial charge on any atom is 0.312 e. The molecule has 150 valence electrons. The third-order valence-electron chi connectivity index (χ3n) is 7.62. The normalized spacial score (nSPS) is 37.9. The Morgan fingerprint density at radius 3 is 2.63 bits per heavy atom. The summed E-state index contributed by atoms with van der Waals surface area (Å²) < 4.78 is 10.6. The number of esters is 2. The van der Waals surface area contributed by atoms with E-state index < -0.39 is 0 Å². The predicted octanol–water partition coefficient (Wildman–Crippen LogP) is 4.69. The van der Waals surface area contributed by atoms with E-state index in [1.165, 1.54) is 6.92 Å². The van der Waals surface area contributed by atoms with Crippen LogP contribution in [-0.4, -0.2) is 25.7 Å². The molecule has 0 aromatic rings. The molecule has 0 N–H and O–H groups in total. The molecule has 3 aliphatic carbocycles. The molecule has 5 atom stereocenters. The zero-order chi connectivity index (χ0) is 19.8. The van der Waals surface area contributed by atoms with Crippen LogP contribution in [0, 0.1) is 34.5 Å². The molecule has 0 amide bonds. The number of carbonyl (C=O) groups is 2. The molecule has 0 saturated heterocycles. The monoisotopic (exact) mass is 374 g/mol. The van der Waals surface area contributed by atoms with Gasteiger partial charge in [-0.1, -0.05) is 39.0 Å². The Morgan fingerprint density at radius 2 is 2.00 bits per heavy atom. The number of hydrogen-bond acceptors (Lipinski definition) is 4. The predicted molar refractivity (Wildman–Crippen MR) is 105 cm³/mol. The zero-order valence-electron chi connectivity index (χ0n) is 17.4. The lowest BCUT2D eigenvalue weighted by Gasteiger charge is -2.53. The first-order chi connectivity index (χ1) is 12.7. The summed E-state index contributed by atoms with van der Waals surface area (Å²) in [6.07, 6.45) is 11.7. The van der Waals surface area contributed by atoms with Crippen LogP contribution < -0.4 is 0 Å². The lowest BCUT2D eigenvalue weighted by Crippen LogP contribution is -2.52. The van der Waals surface area contributed by atoms with Gasteiger partial charge in [-0.15, -0.1) is 0 Å². The number of methoxy groups -OCH3 is 1. The van der Waals surface area contributed by atoms with Gasteiger partial charge in [0.15, 0.2) is 0 Å². The summed E-state index contributed by atoms with van der Waals surface area (Å²) >= 11 is 0. The molecule has 2 saturated carbocycles. The van der Waals surface area contributed by atoms with Crippen LogP contribution in [0.25, 0.3) is 0 Å². The number of carbonyl (C=O) groups excluding carboxylic acids is 2. The molecule has 0 radical (unpaired) electrons. The van der Waals surface area contributed by atoms with Crippen LogP contribution in [0.1, 0.15) is 59.8 Å². The molecule has 2 fully saturated rings. The van der Waals surface area contributed by atoms with E-state index in [9.17, 15) is 9.59 Å². The Balaban J connectivity index is 1.93. The topological polar surface area (TPSA) is 52.6 Å². The minimum Gasteiger partial charge on any atom is -0.469 e. The van der Waals surface area contributed by atoms with Gasteiger partial charge < -0.3 is 9.47 Å². The van der Waals surface area contributed by atoms with Crippen LogP contribution in [0.15, 0.2) is 23.8 Å². The van der Waals surface area contributed by atoms with Gasteiger partial charge in [0.05, 0.1) is 12.5 Å². The van der Waals surface area contributed by atoms with E-state index in [1.54, 1.807) is 7.11 Å². The number of hydrogen-bond donors (Lipinski definition) is 0. The molecule has 0 aliphatic heterocycles. The highest BCUT2D eigenvalue weighted by Crippen LogP contribution is 2.65. The molecule has 0 bridgehead atoms. The number of rotatable bonds is 4. The summed E-state index contributed by atoms with van der Waals surface area (Å²) in [5.41, 5.74) is 0.850. The molecule has 0 aromatic heterocycles. The third kappa shape index (κ3) is 3.36. The van der Waals surface area contributed by atoms with Crippen molar-refractivity contribution in [2.24, 2.45) is 34.5 Å². The minimum absolute atomic E-state index is 0.00325. The molecule has 0 heterocycles. The van der Waals surface area contributed by atoms with Gasteiger partial charge in [-0.2, -0.15) is 0 Å². The fourth-order valence-electron chi connectivity index (χ4n) is 6.24. The van der Waals surface area contributed by atoms with E-state index in [0.29, 0.717) is 30.3 Å². The molecule has 3 rings (SSSR count). The Bertz CT molecular complexity index is 661. The molecule has 0 spiro atoms. The average Bonchev–Trinajstić information content (AvgIpc) is 2.93. The fourth-order valence-corrected chi connectivity index (χ4v) is 6.24. The van der Waals surface area contributed by atoms with Crippen LogP contribution >= 0.6 is 0 Å². The third-order valence-corrected chi connectivity index (χ3v) is 7.62. The molecule has 3 aliphatic rings. The van der Waals surface area contributed by atoms with Crippen molar-refractivity contribution in [1.29, 1.82) is 0 Å². The van der Waals surface area contributed by atoms with Gasteiger partial charge in [-0.25, -0.2) is 0 Å². The van der Waals surface area contributed by atoms with E-state index in [0.717, 1.165) is 37.7 Å². The second-order valence-electron chi connectivity index (χ2n) is 9.37. The van der Waals surface area contributed by atoms with Crippen molar-refractivity contribution in [3.8, 4) is 0 Å². The maximum atomic E-state index is 13.1. The van der Waals surface area contributed by atoms with E-state index in [-0.39, 0.29) is 22.8 Å². The molecule has 0 aromatic carbocycles. The van der Waals surface area contributed by atoms with Crippen molar-refractivity contribution >= 4 is 11.9 Å². The van der Waals surface area contributed by atoms with Crippen LogP contribution in [0.4, 0.5) is 0 Å². The molecular formula is C23H34O4. The Kier molecular flexibility index (Phi) is 5.56. The summed E-state index contributed by atoms with van der Waals surface area (Å²) in [6, 6.07) is 0. The Labute approximate surface area is 163 Å². The lowest BCUT2D eigenvalue weighted by atomic mass is 9.50. The second-order valence-corrected chi connectivity index (χ2v) is 9.37. The molecule has 0 unspecified atom stereocenters. The Morgan fingerprint density at radius 1 is 1.26 bits per heavy atom. The van der Waals surface area contributed by atoms with Gasteiger partial charge in [-0.3, -0.25) is 9.59 Å². The van der Waals surface area contributed by atoms with Gasteiger partial charge in [0.1, 0.15) is 6.61 Å². The average molecular weight is 375 g/mol. The minimum atomic E-state index is -0.349. The van der Waals surface area contributed by atoms with Crippen LogP contribution in [-0.2, 0) is 19.1 Å². The van der Waals surface area contributed by atoms with Crippen LogP contribution in [0.3, 0.4) is 0 Å². The lowest BCUT2D eigenvalue weighted by molar-refractivity contribution is -0.168. The Hall–Kier alpha value is -1.58.